The number of carbonyl (C=O) groups excluding carboxylic acids is 2. The van der Waals surface area contributed by atoms with E-state index < -0.39 is 63.3 Å². The Bertz CT molecular complexity index is 2020. The zero-order chi connectivity index (χ0) is 38.5. The number of aromatic nitrogens is 2. The molecule has 284 valence electrons. The van der Waals surface area contributed by atoms with Crippen LogP contribution in [0.25, 0.3) is 0 Å². The molecule has 0 radical (unpaired) electrons. The van der Waals surface area contributed by atoms with Crippen molar-refractivity contribution in [3.05, 3.63) is 103 Å². The highest BCUT2D eigenvalue weighted by molar-refractivity contribution is 8.03. The number of nitrogens with zero attached hydrogens (tertiary/aromatic N) is 6. The number of thioether (sulfide) groups is 1. The Labute approximate surface area is 313 Å². The van der Waals surface area contributed by atoms with E-state index in [1.54, 1.807) is 18.3 Å². The standard InChI is InChI=1S/C36H39N7O10S/c1-20(44)28-31-36(2,17-21-4-8-23(9-5-21)42(49)50)32(30(34(46)47)41(31)33(28)45)54-25-16-26(37-18-25)29(39-14-3-15-40-27(39)12-13-38-40)35(48)53-19-22-6-10-24(11-7-22)43(51)52/h4-13,20,25-26,28-29,31,37,44H,3,14-19H2,1-2H3,(H,46,47)/t20-,25+,26+,28-,29?,31+,36-/m1/s1. The number of ether oxygens (including phenoxy) is 1. The fraction of sp³-hybridized carbons (Fsp3) is 0.444. The Morgan fingerprint density at radius 3 is 2.31 bits per heavy atom. The largest absolute Gasteiger partial charge is 0.477 e. The number of hydrogen-bond donors (Lipinski definition) is 3. The highest BCUT2D eigenvalue weighted by Crippen LogP contribution is 2.60. The number of β-lactam (4-membered cyclic amide) rings is 1. The number of anilines is 1. The van der Waals surface area contributed by atoms with Crippen molar-refractivity contribution in [2.24, 2.45) is 11.3 Å². The minimum atomic E-state index is -1.27. The Morgan fingerprint density at radius 1 is 1.06 bits per heavy atom. The summed E-state index contributed by atoms with van der Waals surface area (Å²) in [6.07, 6.45) is 2.04. The molecule has 1 unspecified atom stereocenters. The summed E-state index contributed by atoms with van der Waals surface area (Å²) in [5.41, 5.74) is 0.0152. The lowest BCUT2D eigenvalue weighted by molar-refractivity contribution is -0.385. The van der Waals surface area contributed by atoms with Crippen LogP contribution in [0, 0.1) is 31.6 Å². The average molecular weight is 762 g/mol. The van der Waals surface area contributed by atoms with Gasteiger partial charge in [-0.1, -0.05) is 19.1 Å². The van der Waals surface area contributed by atoms with Gasteiger partial charge in [-0.15, -0.1) is 11.8 Å². The number of esters is 1. The van der Waals surface area contributed by atoms with Gasteiger partial charge in [0.05, 0.1) is 34.1 Å². The van der Waals surface area contributed by atoms with Gasteiger partial charge in [-0.05, 0) is 49.4 Å². The van der Waals surface area contributed by atoms with E-state index in [1.165, 1.54) is 60.0 Å². The molecule has 17 nitrogen and oxygen atoms in total. The number of amides is 1. The normalized spacial score (nSPS) is 25.8. The number of carbonyl (C=O) groups is 3. The van der Waals surface area contributed by atoms with Crippen molar-refractivity contribution in [3.63, 3.8) is 0 Å². The number of nitrogens with one attached hydrogen (secondary N) is 1. The number of aliphatic carboxylic acids is 1. The molecule has 2 aromatic carbocycles. The summed E-state index contributed by atoms with van der Waals surface area (Å²) in [6, 6.07) is 11.7. The maximum absolute atomic E-state index is 14.1. The number of rotatable bonds is 13. The van der Waals surface area contributed by atoms with Crippen molar-refractivity contribution in [2.75, 3.05) is 18.0 Å². The summed E-state index contributed by atoms with van der Waals surface area (Å²) in [4.78, 5) is 65.5. The summed E-state index contributed by atoms with van der Waals surface area (Å²) in [5.74, 6) is -2.34. The number of aryl methyl sites for hydroxylation is 1. The van der Waals surface area contributed by atoms with Crippen molar-refractivity contribution < 1.29 is 39.2 Å². The number of non-ortho nitro benzene ring substituents is 2. The smallest absolute Gasteiger partial charge is 0.353 e. The van der Waals surface area contributed by atoms with Crippen LogP contribution in [-0.4, -0.2) is 95.2 Å². The second-order valence-electron chi connectivity index (χ2n) is 14.3. The molecule has 0 saturated carbocycles. The van der Waals surface area contributed by atoms with Crippen LogP contribution in [0.5, 0.6) is 0 Å². The fourth-order valence-electron chi connectivity index (χ4n) is 8.38. The van der Waals surface area contributed by atoms with Crippen molar-refractivity contribution in [3.8, 4) is 0 Å². The predicted octanol–water partition coefficient (Wildman–Crippen LogP) is 3.25. The molecule has 3 aromatic rings. The van der Waals surface area contributed by atoms with Crippen LogP contribution < -0.4 is 10.2 Å². The molecule has 4 aliphatic rings. The summed E-state index contributed by atoms with van der Waals surface area (Å²) in [5, 5.41) is 51.3. The van der Waals surface area contributed by atoms with Gasteiger partial charge in [0.2, 0.25) is 5.91 Å². The second kappa shape index (κ2) is 14.5. The highest BCUT2D eigenvalue weighted by Gasteiger charge is 2.66. The fourth-order valence-corrected chi connectivity index (χ4v) is 9.96. The van der Waals surface area contributed by atoms with Crippen molar-refractivity contribution in [1.82, 2.24) is 20.0 Å². The van der Waals surface area contributed by atoms with Crippen LogP contribution >= 0.6 is 11.8 Å². The second-order valence-corrected chi connectivity index (χ2v) is 15.7. The number of hydrogen-bond acceptors (Lipinski definition) is 13. The SMILES string of the molecule is C[C@@H](O)[C@H]1C(=O)N2C(C(=O)O)=C(S[C@@H]3CN[C@H](C(C(=O)OCc4ccc([N+](=O)[O-])cc4)N4CCCn5nccc54)C3)[C@](C)(Cc3ccc([N+](=O)[O-])cc3)[C@H]12. The average Bonchev–Trinajstić information content (AvgIpc) is 3.85. The van der Waals surface area contributed by atoms with Crippen LogP contribution in [0.3, 0.4) is 0 Å². The number of aliphatic hydroxyl groups excluding tert-OH is 1. The van der Waals surface area contributed by atoms with Gasteiger partial charge in [0.25, 0.3) is 11.4 Å². The molecule has 5 heterocycles. The first-order chi connectivity index (χ1) is 25.8. The van der Waals surface area contributed by atoms with E-state index in [1.807, 2.05) is 22.6 Å². The van der Waals surface area contributed by atoms with Gasteiger partial charge in [-0.25, -0.2) is 14.3 Å². The lowest BCUT2D eigenvalue weighted by Crippen LogP contribution is -2.66. The van der Waals surface area contributed by atoms with E-state index in [4.69, 9.17) is 4.74 Å². The Morgan fingerprint density at radius 2 is 1.70 bits per heavy atom. The number of nitro benzene ring substituents is 2. The van der Waals surface area contributed by atoms with E-state index in [-0.39, 0.29) is 35.3 Å². The topological polar surface area (TPSA) is 224 Å². The number of benzene rings is 2. The van der Waals surface area contributed by atoms with E-state index in [0.29, 0.717) is 42.1 Å². The van der Waals surface area contributed by atoms with Gasteiger partial charge in [0.1, 0.15) is 24.2 Å². The third-order valence-electron chi connectivity index (χ3n) is 10.9. The molecular formula is C36H39N7O10S. The molecular weight excluding hydrogens is 723 g/mol. The molecule has 54 heavy (non-hydrogen) atoms. The monoisotopic (exact) mass is 761 g/mol. The van der Waals surface area contributed by atoms with E-state index >= 15 is 0 Å². The van der Waals surface area contributed by atoms with Gasteiger partial charge >= 0.3 is 11.9 Å². The molecule has 1 aromatic heterocycles. The third kappa shape index (κ3) is 6.58. The predicted molar refractivity (Wildman–Crippen MR) is 194 cm³/mol. The number of nitro groups is 2. The summed E-state index contributed by atoms with van der Waals surface area (Å²) in [6.45, 7) is 4.92. The Kier molecular flexibility index (Phi) is 9.92. The van der Waals surface area contributed by atoms with Crippen LogP contribution in [0.4, 0.5) is 17.2 Å². The first-order valence-electron chi connectivity index (χ1n) is 17.6. The van der Waals surface area contributed by atoms with Gasteiger partial charge in [0.15, 0.2) is 0 Å². The molecule has 4 aliphatic heterocycles. The minimum absolute atomic E-state index is 0.0777. The number of carboxylic acid groups (broad SMARTS) is 1. The first kappa shape index (κ1) is 37.0. The molecule has 0 bridgehead atoms. The van der Waals surface area contributed by atoms with E-state index in [2.05, 4.69) is 10.4 Å². The zero-order valence-electron chi connectivity index (χ0n) is 29.4. The van der Waals surface area contributed by atoms with Crippen LogP contribution in [0.1, 0.15) is 37.8 Å². The number of carboxylic acids is 1. The van der Waals surface area contributed by atoms with E-state index in [9.17, 15) is 44.8 Å². The maximum atomic E-state index is 14.1. The van der Waals surface area contributed by atoms with Crippen molar-refractivity contribution in [1.29, 1.82) is 0 Å². The van der Waals surface area contributed by atoms with Gasteiger partial charge in [-0.3, -0.25) is 25.0 Å². The van der Waals surface area contributed by atoms with Crippen LogP contribution in [0.2, 0.25) is 0 Å². The molecule has 3 N–H and O–H groups in total. The molecule has 7 atom stereocenters. The lowest BCUT2D eigenvalue weighted by Gasteiger charge is -2.51. The van der Waals surface area contributed by atoms with Crippen LogP contribution in [0.15, 0.2) is 71.4 Å². The van der Waals surface area contributed by atoms with Crippen molar-refractivity contribution in [2.45, 2.75) is 75.7 Å². The van der Waals surface area contributed by atoms with Gasteiger partial charge < -0.3 is 30.1 Å². The quantitative estimate of drug-likeness (QED) is 0.0985. The van der Waals surface area contributed by atoms with Gasteiger partial charge in [-0.2, -0.15) is 5.10 Å². The Balaban J connectivity index is 1.17. The zero-order valence-corrected chi connectivity index (χ0v) is 30.3. The molecule has 18 heteroatoms. The summed E-state index contributed by atoms with van der Waals surface area (Å²) in [7, 11) is 0. The lowest BCUT2D eigenvalue weighted by atomic mass is 9.67. The number of fused-ring (bicyclic) bond motifs is 2. The molecule has 2 saturated heterocycles. The van der Waals surface area contributed by atoms with E-state index in [0.717, 1.165) is 12.2 Å². The first-order valence-corrected chi connectivity index (χ1v) is 18.5. The number of aliphatic hydroxyl groups is 1. The van der Waals surface area contributed by atoms with Crippen LogP contribution in [-0.2, 0) is 38.7 Å². The van der Waals surface area contributed by atoms with Crippen molar-refractivity contribution >= 4 is 46.8 Å². The summed E-state index contributed by atoms with van der Waals surface area (Å²) >= 11 is 1.34. The minimum Gasteiger partial charge on any atom is -0.477 e. The third-order valence-corrected chi connectivity index (χ3v) is 12.5. The highest BCUT2D eigenvalue weighted by atomic mass is 32.2. The molecule has 0 aliphatic carbocycles. The van der Waals surface area contributed by atoms with Gasteiger partial charge in [0, 0.05) is 71.6 Å². The molecule has 7 rings (SSSR count). The molecule has 1 amide bonds. The molecule has 2 fully saturated rings. The summed E-state index contributed by atoms with van der Waals surface area (Å²) < 4.78 is 7.67. The maximum Gasteiger partial charge on any atom is 0.353 e. The molecule has 0 spiro atoms. The Hall–Kier alpha value is -5.33.